The number of hydrogen-bond donors (Lipinski definition) is 0. The number of rotatable bonds is 6. The minimum atomic E-state index is -0.608. The van der Waals surface area contributed by atoms with E-state index in [0.29, 0.717) is 18.1 Å². The van der Waals surface area contributed by atoms with Gasteiger partial charge in [-0.25, -0.2) is 20.0 Å². The second-order valence-electron chi connectivity index (χ2n) is 5.70. The number of methoxy groups -OCH3 is 1. The number of fused-ring (bicyclic) bond motifs is 1. The predicted octanol–water partition coefficient (Wildman–Crippen LogP) is 2.28. The lowest BCUT2D eigenvalue weighted by Gasteiger charge is -2.24. The minimum absolute atomic E-state index is 0.124. The van der Waals surface area contributed by atoms with Crippen LogP contribution in [0.1, 0.15) is 0 Å². The van der Waals surface area contributed by atoms with Gasteiger partial charge in [0.15, 0.2) is 0 Å². The molecule has 0 aromatic carbocycles. The van der Waals surface area contributed by atoms with E-state index in [0.717, 1.165) is 14.7 Å². The molecule has 0 N–H and O–H groups in total. The summed E-state index contributed by atoms with van der Waals surface area (Å²) in [7, 11) is 0.764. The van der Waals surface area contributed by atoms with Crippen molar-refractivity contribution in [3.63, 3.8) is 0 Å². The van der Waals surface area contributed by atoms with Gasteiger partial charge in [0.2, 0.25) is 5.88 Å². The Kier molecular flexibility index (Phi) is 5.54. The van der Waals surface area contributed by atoms with E-state index in [1.54, 1.807) is 4.57 Å². The molecule has 8 heteroatoms. The van der Waals surface area contributed by atoms with Gasteiger partial charge in [0.1, 0.15) is 18.5 Å². The van der Waals surface area contributed by atoms with Crippen molar-refractivity contribution in [1.29, 1.82) is 0 Å². The summed E-state index contributed by atoms with van der Waals surface area (Å²) < 4.78 is 13.3. The highest BCUT2D eigenvalue weighted by molar-refractivity contribution is 14.1. The van der Waals surface area contributed by atoms with E-state index in [9.17, 15) is 4.79 Å². The molecule has 0 radical (unpaired) electrons. The summed E-state index contributed by atoms with van der Waals surface area (Å²) in [4.78, 5) is 20.0. The first-order valence-corrected chi connectivity index (χ1v) is 10.8. The zero-order valence-corrected chi connectivity index (χ0v) is 16.1. The molecule has 0 aliphatic rings. The van der Waals surface area contributed by atoms with Gasteiger partial charge in [-0.2, -0.15) is 0 Å². The Bertz CT molecular complexity index is 682. The number of hydrogen-bond acceptors (Lipinski definition) is 5. The van der Waals surface area contributed by atoms with E-state index in [1.807, 2.05) is 6.20 Å². The van der Waals surface area contributed by atoms with Crippen molar-refractivity contribution in [2.45, 2.75) is 6.54 Å². The van der Waals surface area contributed by atoms with Gasteiger partial charge < -0.3 is 14.0 Å². The number of halogens is 1. The molecule has 122 valence electrons. The maximum absolute atomic E-state index is 11.5. The quantitative estimate of drug-likeness (QED) is 0.513. The fourth-order valence-electron chi connectivity index (χ4n) is 1.87. The number of nitrogens with zero attached hydrogens (tertiary/aromatic N) is 3. The van der Waals surface area contributed by atoms with Gasteiger partial charge in [-0.05, 0) is 41.4 Å². The molecular formula is C14H20IN3O3S. The largest absolute Gasteiger partial charge is 0.476 e. The van der Waals surface area contributed by atoms with E-state index in [4.69, 9.17) is 9.47 Å². The summed E-state index contributed by atoms with van der Waals surface area (Å²) in [5.74, 6) is 1.27. The molecule has 0 fully saturated rings. The van der Waals surface area contributed by atoms with Gasteiger partial charge in [-0.1, -0.05) is 0 Å². The fraction of sp³-hybridized carbons (Fsp3) is 0.500. The smallest absolute Gasteiger partial charge is 0.325 e. The van der Waals surface area contributed by atoms with E-state index in [2.05, 4.69) is 51.3 Å². The summed E-state index contributed by atoms with van der Waals surface area (Å²) in [6, 6.07) is 0. The lowest BCUT2D eigenvalue weighted by molar-refractivity contribution is -0.141. The zero-order valence-electron chi connectivity index (χ0n) is 13.1. The summed E-state index contributed by atoms with van der Waals surface area (Å²) in [6.45, 7) is 0.752. The summed E-state index contributed by atoms with van der Waals surface area (Å²) in [5, 5.41) is 0.843. The van der Waals surface area contributed by atoms with Crippen molar-refractivity contribution in [3.05, 3.63) is 16.1 Å². The van der Waals surface area contributed by atoms with Crippen LogP contribution >= 0.6 is 32.6 Å². The number of aromatic nitrogens is 3. The summed E-state index contributed by atoms with van der Waals surface area (Å²) >= 11 is 2.20. The average molecular weight is 437 g/mol. The van der Waals surface area contributed by atoms with E-state index in [1.165, 1.54) is 13.4 Å². The van der Waals surface area contributed by atoms with Gasteiger partial charge in [0.05, 0.1) is 19.1 Å². The number of carbonyl (C=O) groups is 1. The van der Waals surface area contributed by atoms with Crippen LogP contribution in [0.5, 0.6) is 5.88 Å². The van der Waals surface area contributed by atoms with Gasteiger partial charge in [-0.15, -0.1) is 0 Å². The molecule has 0 saturated heterocycles. The lowest BCUT2D eigenvalue weighted by Crippen LogP contribution is -2.11. The van der Waals surface area contributed by atoms with Crippen LogP contribution in [-0.4, -0.2) is 58.7 Å². The van der Waals surface area contributed by atoms with Gasteiger partial charge in [0, 0.05) is 15.5 Å². The SMILES string of the molecule is COC(=O)Cn1cc(I)c2c(OCCS(C)(C)C)ncnc21. The van der Waals surface area contributed by atoms with Crippen LogP contribution in [-0.2, 0) is 16.1 Å². The van der Waals surface area contributed by atoms with Crippen LogP contribution in [0, 0.1) is 3.57 Å². The molecule has 6 nitrogen and oxygen atoms in total. The maximum Gasteiger partial charge on any atom is 0.325 e. The molecule has 0 aliphatic carbocycles. The van der Waals surface area contributed by atoms with E-state index in [-0.39, 0.29) is 12.5 Å². The van der Waals surface area contributed by atoms with Crippen molar-refractivity contribution >= 4 is 49.6 Å². The molecule has 2 aromatic rings. The van der Waals surface area contributed by atoms with Gasteiger partial charge in [0.25, 0.3) is 0 Å². The number of ether oxygens (including phenoxy) is 2. The molecule has 2 aromatic heterocycles. The summed E-state index contributed by atoms with van der Waals surface area (Å²) in [5.41, 5.74) is 0.683. The third-order valence-electron chi connectivity index (χ3n) is 3.03. The second-order valence-corrected chi connectivity index (χ2v) is 11.5. The van der Waals surface area contributed by atoms with Crippen molar-refractivity contribution < 1.29 is 14.3 Å². The highest BCUT2D eigenvalue weighted by Gasteiger charge is 2.16. The van der Waals surface area contributed by atoms with Crippen LogP contribution < -0.4 is 4.74 Å². The molecule has 0 bridgehead atoms. The van der Waals surface area contributed by atoms with Crippen molar-refractivity contribution in [2.24, 2.45) is 0 Å². The third kappa shape index (κ3) is 4.25. The van der Waals surface area contributed by atoms with Crippen molar-refractivity contribution in [3.8, 4) is 5.88 Å². The fourth-order valence-corrected chi connectivity index (χ4v) is 3.26. The minimum Gasteiger partial charge on any atom is -0.476 e. The van der Waals surface area contributed by atoms with Crippen LogP contribution in [0.3, 0.4) is 0 Å². The number of carbonyl (C=O) groups excluding carboxylic acids is 1. The van der Waals surface area contributed by atoms with Gasteiger partial charge >= 0.3 is 5.97 Å². The molecule has 0 aliphatic heterocycles. The molecule has 0 saturated carbocycles. The van der Waals surface area contributed by atoms with Crippen LogP contribution in [0.4, 0.5) is 0 Å². The van der Waals surface area contributed by atoms with Gasteiger partial charge in [-0.3, -0.25) is 4.79 Å². The molecule has 2 heterocycles. The normalized spacial score (nSPS) is 12.4. The second kappa shape index (κ2) is 7.03. The first-order chi connectivity index (χ1) is 10.3. The Morgan fingerprint density at radius 1 is 1.36 bits per heavy atom. The monoisotopic (exact) mass is 437 g/mol. The average Bonchev–Trinajstić information content (AvgIpc) is 2.75. The Hall–Kier alpha value is -1.03. The maximum atomic E-state index is 11.5. The van der Waals surface area contributed by atoms with E-state index >= 15 is 0 Å². The highest BCUT2D eigenvalue weighted by atomic mass is 127. The highest BCUT2D eigenvalue weighted by Crippen LogP contribution is 2.34. The first kappa shape index (κ1) is 17.3. The molecular weight excluding hydrogens is 417 g/mol. The molecule has 0 unspecified atom stereocenters. The topological polar surface area (TPSA) is 66.2 Å². The zero-order chi connectivity index (χ0) is 16.3. The Balaban J connectivity index is 2.27. The number of esters is 1. The van der Waals surface area contributed by atoms with Crippen LogP contribution in [0.2, 0.25) is 0 Å². The van der Waals surface area contributed by atoms with Crippen LogP contribution in [0.25, 0.3) is 11.0 Å². The molecule has 0 amide bonds. The third-order valence-corrected chi connectivity index (χ3v) is 5.24. The Labute approximate surface area is 145 Å². The lowest BCUT2D eigenvalue weighted by atomic mass is 10.4. The molecule has 0 spiro atoms. The molecule has 22 heavy (non-hydrogen) atoms. The first-order valence-electron chi connectivity index (χ1n) is 6.67. The molecule has 2 rings (SSSR count). The van der Waals surface area contributed by atoms with Crippen molar-refractivity contribution in [1.82, 2.24) is 14.5 Å². The predicted molar refractivity (Wildman–Crippen MR) is 98.0 cm³/mol. The molecule has 0 atom stereocenters. The van der Waals surface area contributed by atoms with Crippen molar-refractivity contribution in [2.75, 3.05) is 38.2 Å². The van der Waals surface area contributed by atoms with Crippen LogP contribution in [0.15, 0.2) is 12.5 Å². The Morgan fingerprint density at radius 2 is 2.09 bits per heavy atom. The van der Waals surface area contributed by atoms with E-state index < -0.39 is 10.0 Å². The summed E-state index contributed by atoms with van der Waals surface area (Å²) in [6.07, 6.45) is 10.1. The standard InChI is InChI=1S/C14H20IN3O3S/c1-20-11(19)8-18-7-10(15)12-13(18)16-9-17-14(12)21-5-6-22(2,3)4/h7,9H,5-6,8H2,1-4H3. The Morgan fingerprint density at radius 3 is 2.73 bits per heavy atom.